The van der Waals surface area contributed by atoms with Crippen molar-refractivity contribution in [2.45, 2.75) is 11.8 Å². The predicted octanol–water partition coefficient (Wildman–Crippen LogP) is 0.769. The summed E-state index contributed by atoms with van der Waals surface area (Å²) in [6, 6.07) is 3.26. The Balaban J connectivity index is 0.00000196. The van der Waals surface area contributed by atoms with Crippen molar-refractivity contribution in [2.75, 3.05) is 0 Å². The molecule has 0 atom stereocenters. The molecule has 1 N–H and O–H groups in total. The largest absolute Gasteiger partial charge is 0.295 e. The third-order valence-electron chi connectivity index (χ3n) is 1.66. The van der Waals surface area contributed by atoms with Crippen LogP contribution in [0.4, 0.5) is 5.69 Å². The van der Waals surface area contributed by atoms with E-state index in [0.29, 0.717) is 0 Å². The molecule has 0 aliphatic heterocycles. The van der Waals surface area contributed by atoms with E-state index in [-0.39, 0.29) is 62.6 Å². The predicted molar refractivity (Wildman–Crippen MR) is 53.4 cm³/mol. The molecule has 0 bridgehead atoms. The third-order valence-corrected chi connectivity index (χ3v) is 2.66. The van der Waals surface area contributed by atoms with Crippen LogP contribution >= 0.6 is 0 Å². The molecule has 0 unspecified atom stereocenters. The van der Waals surface area contributed by atoms with Gasteiger partial charge in [-0.1, -0.05) is 6.07 Å². The maximum Gasteiger partial charge on any atom is 0.295 e. The van der Waals surface area contributed by atoms with Crippen LogP contribution in [0.3, 0.4) is 0 Å². The molecule has 0 heterocycles. The molecule has 8 heteroatoms. The minimum atomic E-state index is -4.39. The SMILES string of the molecule is Cc1ccc([N+](=O)[O-])cc1S(=O)(=O)O.[K]. The molecule has 0 saturated carbocycles. The average Bonchev–Trinajstić information content (AvgIpc) is 2.02. The van der Waals surface area contributed by atoms with Crippen LogP contribution in [0.5, 0.6) is 0 Å². The molecule has 0 amide bonds. The van der Waals surface area contributed by atoms with Crippen LogP contribution in [0.15, 0.2) is 23.1 Å². The van der Waals surface area contributed by atoms with Crippen LogP contribution in [0.2, 0.25) is 0 Å². The monoisotopic (exact) mass is 256 g/mol. The number of nitro groups is 1. The van der Waals surface area contributed by atoms with Crippen LogP contribution in [0, 0.1) is 17.0 Å². The van der Waals surface area contributed by atoms with Gasteiger partial charge in [0.2, 0.25) is 0 Å². The van der Waals surface area contributed by atoms with Gasteiger partial charge in [0.15, 0.2) is 0 Å². The molecule has 1 aromatic rings. The molecule has 77 valence electrons. The van der Waals surface area contributed by atoms with Gasteiger partial charge in [-0.05, 0) is 12.5 Å². The number of rotatable bonds is 2. The number of hydrogen-bond donors (Lipinski definition) is 1. The summed E-state index contributed by atoms with van der Waals surface area (Å²) in [6.07, 6.45) is 0. The maximum atomic E-state index is 10.8. The van der Waals surface area contributed by atoms with Crippen LogP contribution in [0.1, 0.15) is 5.56 Å². The van der Waals surface area contributed by atoms with Crippen LogP contribution in [0.25, 0.3) is 0 Å². The number of non-ortho nitro benzene ring substituents is 1. The van der Waals surface area contributed by atoms with E-state index < -0.39 is 19.9 Å². The zero-order valence-electron chi connectivity index (χ0n) is 8.17. The molecule has 0 fully saturated rings. The topological polar surface area (TPSA) is 97.5 Å². The Hall–Kier alpha value is 0.166. The summed E-state index contributed by atoms with van der Waals surface area (Å²) in [5.41, 5.74) is -0.110. The third kappa shape index (κ3) is 3.91. The molecule has 0 saturated heterocycles. The van der Waals surface area contributed by atoms with Crippen molar-refractivity contribution >= 4 is 67.2 Å². The molecule has 0 spiro atoms. The number of hydrogen-bond acceptors (Lipinski definition) is 4. The van der Waals surface area contributed by atoms with E-state index in [4.69, 9.17) is 4.55 Å². The van der Waals surface area contributed by atoms with Crippen LogP contribution < -0.4 is 0 Å². The second-order valence-corrected chi connectivity index (χ2v) is 4.07. The standard InChI is InChI=1S/C7H7NO5S.K/c1-5-2-3-6(8(9)10)4-7(5)14(11,12)13;/h2-4H,1H3,(H,11,12,13);. The minimum absolute atomic E-state index is 0. The van der Waals surface area contributed by atoms with E-state index in [2.05, 4.69) is 0 Å². The van der Waals surface area contributed by atoms with E-state index in [1.54, 1.807) is 0 Å². The molecule has 1 radical (unpaired) electrons. The average molecular weight is 256 g/mol. The van der Waals surface area contributed by atoms with E-state index in [1.807, 2.05) is 0 Å². The number of nitrogens with zero attached hydrogens (tertiary/aromatic N) is 1. The zero-order chi connectivity index (χ0) is 10.9. The number of nitro benzene ring substituents is 1. The fourth-order valence-electron chi connectivity index (χ4n) is 0.980. The molecule has 0 aromatic heterocycles. The van der Waals surface area contributed by atoms with Gasteiger partial charge in [0.05, 0.1) is 4.92 Å². The van der Waals surface area contributed by atoms with Crippen molar-refractivity contribution in [3.05, 3.63) is 33.9 Å². The Morgan fingerprint density at radius 1 is 1.40 bits per heavy atom. The van der Waals surface area contributed by atoms with Gasteiger partial charge >= 0.3 is 0 Å². The smallest absolute Gasteiger partial charge is 0.282 e. The first-order valence-electron chi connectivity index (χ1n) is 3.55. The molecular weight excluding hydrogens is 249 g/mol. The molecule has 1 rings (SSSR count). The van der Waals surface area contributed by atoms with E-state index >= 15 is 0 Å². The van der Waals surface area contributed by atoms with Crippen molar-refractivity contribution < 1.29 is 17.9 Å². The minimum Gasteiger partial charge on any atom is -0.282 e. The summed E-state index contributed by atoms with van der Waals surface area (Å²) in [7, 11) is -4.39. The summed E-state index contributed by atoms with van der Waals surface area (Å²) < 4.78 is 30.2. The van der Waals surface area contributed by atoms with E-state index in [9.17, 15) is 18.5 Å². The van der Waals surface area contributed by atoms with Gasteiger partial charge in [-0.2, -0.15) is 8.42 Å². The normalized spacial score (nSPS) is 10.5. The summed E-state index contributed by atoms with van der Waals surface area (Å²) in [5, 5.41) is 10.3. The Labute approximate surface area is 129 Å². The van der Waals surface area contributed by atoms with Gasteiger partial charge in [0.25, 0.3) is 15.8 Å². The first-order chi connectivity index (χ1) is 6.32. The van der Waals surface area contributed by atoms with Crippen molar-refractivity contribution in [1.29, 1.82) is 0 Å². The van der Waals surface area contributed by atoms with Gasteiger partial charge in [0.1, 0.15) is 4.90 Å². The van der Waals surface area contributed by atoms with Gasteiger partial charge in [-0.15, -0.1) is 0 Å². The van der Waals surface area contributed by atoms with Crippen molar-refractivity contribution in [2.24, 2.45) is 0 Å². The van der Waals surface area contributed by atoms with Crippen LogP contribution in [-0.4, -0.2) is 69.3 Å². The van der Waals surface area contributed by atoms with Crippen LogP contribution in [-0.2, 0) is 10.1 Å². The Kier molecular flexibility index (Phi) is 5.54. The van der Waals surface area contributed by atoms with Gasteiger partial charge in [0, 0.05) is 63.5 Å². The molecule has 15 heavy (non-hydrogen) atoms. The Morgan fingerprint density at radius 2 is 1.93 bits per heavy atom. The fourth-order valence-corrected chi connectivity index (χ4v) is 1.72. The number of benzene rings is 1. The van der Waals surface area contributed by atoms with E-state index in [0.717, 1.165) is 6.07 Å². The molecule has 6 nitrogen and oxygen atoms in total. The fraction of sp³-hybridized carbons (Fsp3) is 0.143. The number of aryl methyl sites for hydroxylation is 1. The van der Waals surface area contributed by atoms with Crippen molar-refractivity contribution in [3.63, 3.8) is 0 Å². The molecule has 0 aliphatic carbocycles. The summed E-state index contributed by atoms with van der Waals surface area (Å²) >= 11 is 0. The first-order valence-corrected chi connectivity index (χ1v) is 4.99. The molecule has 1 aromatic carbocycles. The van der Waals surface area contributed by atoms with Gasteiger partial charge < -0.3 is 0 Å². The van der Waals surface area contributed by atoms with E-state index in [1.165, 1.54) is 19.1 Å². The van der Waals surface area contributed by atoms with Gasteiger partial charge in [-0.3, -0.25) is 14.7 Å². The quantitative estimate of drug-likeness (QED) is 0.365. The zero-order valence-corrected chi connectivity index (χ0v) is 12.1. The second-order valence-electron chi connectivity index (χ2n) is 2.68. The maximum absolute atomic E-state index is 10.8. The van der Waals surface area contributed by atoms with Gasteiger partial charge in [-0.25, -0.2) is 0 Å². The van der Waals surface area contributed by atoms with Crippen molar-refractivity contribution in [3.8, 4) is 0 Å². The molecular formula is C7H7KNO5S. The Bertz CT molecular complexity index is 484. The summed E-state index contributed by atoms with van der Waals surface area (Å²) in [5.74, 6) is 0. The first kappa shape index (κ1) is 15.2. The molecule has 0 aliphatic rings. The van der Waals surface area contributed by atoms with Crippen molar-refractivity contribution in [1.82, 2.24) is 0 Å². The summed E-state index contributed by atoms with van der Waals surface area (Å²) in [4.78, 5) is 9.15. The summed E-state index contributed by atoms with van der Waals surface area (Å²) in [6.45, 7) is 1.44. The second kappa shape index (κ2) is 5.48. The Morgan fingerprint density at radius 3 is 2.33 bits per heavy atom.